The number of amides is 1. The SMILES string of the molecule is C=CCNS(=O)(=O)c1cc(C(=O)N(CC)C(C)c2cccc(OC)c2)ccc1F. The molecule has 8 heteroatoms. The van der Waals surface area contributed by atoms with Crippen molar-refractivity contribution in [2.24, 2.45) is 0 Å². The van der Waals surface area contributed by atoms with Crippen molar-refractivity contribution in [3.63, 3.8) is 0 Å². The second kappa shape index (κ2) is 9.67. The van der Waals surface area contributed by atoms with Crippen LogP contribution in [0.25, 0.3) is 0 Å². The van der Waals surface area contributed by atoms with E-state index in [1.165, 1.54) is 12.1 Å². The summed E-state index contributed by atoms with van der Waals surface area (Å²) in [6, 6.07) is 10.4. The minimum absolute atomic E-state index is 0.0477. The Kier molecular flexibility index (Phi) is 7.53. The first-order valence-electron chi connectivity index (χ1n) is 9.10. The number of rotatable bonds is 9. The molecule has 29 heavy (non-hydrogen) atoms. The Morgan fingerprint density at radius 2 is 2.03 bits per heavy atom. The van der Waals surface area contributed by atoms with Gasteiger partial charge in [0, 0.05) is 18.7 Å². The molecule has 0 aliphatic heterocycles. The fourth-order valence-electron chi connectivity index (χ4n) is 2.93. The number of carbonyl (C=O) groups excluding carboxylic acids is 1. The number of nitrogens with zero attached hydrogens (tertiary/aromatic N) is 1. The molecule has 0 radical (unpaired) electrons. The first kappa shape index (κ1) is 22.6. The lowest BCUT2D eigenvalue weighted by molar-refractivity contribution is 0.0701. The number of hydrogen-bond donors (Lipinski definition) is 1. The van der Waals surface area contributed by atoms with E-state index in [-0.39, 0.29) is 18.2 Å². The number of halogens is 1. The zero-order valence-electron chi connectivity index (χ0n) is 16.7. The van der Waals surface area contributed by atoms with E-state index in [0.717, 1.165) is 17.7 Å². The summed E-state index contributed by atoms with van der Waals surface area (Å²) in [7, 11) is -2.54. The minimum atomic E-state index is -4.11. The molecule has 2 rings (SSSR count). The number of nitrogens with one attached hydrogen (secondary N) is 1. The van der Waals surface area contributed by atoms with Gasteiger partial charge in [0.2, 0.25) is 10.0 Å². The van der Waals surface area contributed by atoms with Gasteiger partial charge in [-0.15, -0.1) is 6.58 Å². The highest BCUT2D eigenvalue weighted by molar-refractivity contribution is 7.89. The van der Waals surface area contributed by atoms with Gasteiger partial charge in [0.1, 0.15) is 16.5 Å². The molecular weight excluding hydrogens is 395 g/mol. The monoisotopic (exact) mass is 420 g/mol. The molecule has 1 N–H and O–H groups in total. The van der Waals surface area contributed by atoms with Gasteiger partial charge in [-0.1, -0.05) is 18.2 Å². The van der Waals surface area contributed by atoms with Gasteiger partial charge in [-0.25, -0.2) is 17.5 Å². The molecule has 0 aliphatic rings. The standard InChI is InChI=1S/C21H25FN2O4S/c1-5-12-23-29(26,27)20-14-17(10-11-19(20)22)21(25)24(6-2)15(3)16-8-7-9-18(13-16)28-4/h5,7-11,13-15,23H,1,6,12H2,2-4H3. The van der Waals surface area contributed by atoms with Crippen LogP contribution in [0.2, 0.25) is 0 Å². The molecule has 0 spiro atoms. The first-order chi connectivity index (χ1) is 13.7. The van der Waals surface area contributed by atoms with E-state index >= 15 is 0 Å². The van der Waals surface area contributed by atoms with Crippen LogP contribution < -0.4 is 9.46 Å². The molecule has 0 aliphatic carbocycles. The van der Waals surface area contributed by atoms with Crippen molar-refractivity contribution in [2.75, 3.05) is 20.2 Å². The van der Waals surface area contributed by atoms with E-state index in [1.807, 2.05) is 38.1 Å². The summed E-state index contributed by atoms with van der Waals surface area (Å²) in [6.45, 7) is 7.45. The predicted octanol–water partition coefficient (Wildman–Crippen LogP) is 3.52. The molecule has 1 unspecified atom stereocenters. The van der Waals surface area contributed by atoms with E-state index in [1.54, 1.807) is 12.0 Å². The first-order valence-corrected chi connectivity index (χ1v) is 10.6. The highest BCUT2D eigenvalue weighted by Crippen LogP contribution is 2.26. The minimum Gasteiger partial charge on any atom is -0.497 e. The summed E-state index contributed by atoms with van der Waals surface area (Å²) in [6.07, 6.45) is 1.35. The summed E-state index contributed by atoms with van der Waals surface area (Å²) in [5.41, 5.74) is 0.948. The maximum absolute atomic E-state index is 14.2. The van der Waals surface area contributed by atoms with Crippen molar-refractivity contribution in [3.05, 3.63) is 72.1 Å². The quantitative estimate of drug-likeness (QED) is 0.630. The van der Waals surface area contributed by atoms with E-state index in [2.05, 4.69) is 11.3 Å². The number of carbonyl (C=O) groups is 1. The number of methoxy groups -OCH3 is 1. The molecule has 0 heterocycles. The van der Waals surface area contributed by atoms with Gasteiger partial charge in [0.05, 0.1) is 13.2 Å². The summed E-state index contributed by atoms with van der Waals surface area (Å²) in [4.78, 5) is 14.1. The van der Waals surface area contributed by atoms with E-state index < -0.39 is 26.6 Å². The Morgan fingerprint density at radius 3 is 2.66 bits per heavy atom. The summed E-state index contributed by atoms with van der Waals surface area (Å²) in [5.74, 6) is -0.661. The largest absolute Gasteiger partial charge is 0.497 e. The van der Waals surface area contributed by atoms with Gasteiger partial charge < -0.3 is 9.64 Å². The lowest BCUT2D eigenvalue weighted by atomic mass is 10.0. The molecule has 1 atom stereocenters. The summed E-state index contributed by atoms with van der Waals surface area (Å²) >= 11 is 0. The topological polar surface area (TPSA) is 75.7 Å². The number of sulfonamides is 1. The third kappa shape index (κ3) is 5.21. The normalized spacial score (nSPS) is 12.3. The van der Waals surface area contributed by atoms with Crippen LogP contribution in [0.5, 0.6) is 5.75 Å². The smallest absolute Gasteiger partial charge is 0.254 e. The summed E-state index contributed by atoms with van der Waals surface area (Å²) in [5, 5.41) is 0. The third-order valence-electron chi connectivity index (χ3n) is 4.53. The predicted molar refractivity (Wildman–Crippen MR) is 110 cm³/mol. The molecule has 1 amide bonds. The maximum Gasteiger partial charge on any atom is 0.254 e. The van der Waals surface area contributed by atoms with Gasteiger partial charge in [-0.2, -0.15) is 0 Å². The third-order valence-corrected chi connectivity index (χ3v) is 5.97. The van der Waals surface area contributed by atoms with Crippen molar-refractivity contribution in [1.82, 2.24) is 9.62 Å². The molecule has 0 fully saturated rings. The Morgan fingerprint density at radius 1 is 1.31 bits per heavy atom. The lowest BCUT2D eigenvalue weighted by Gasteiger charge is -2.29. The second-order valence-corrected chi connectivity index (χ2v) is 8.06. The molecule has 0 aromatic heterocycles. The Balaban J connectivity index is 2.38. The van der Waals surface area contributed by atoms with Crippen molar-refractivity contribution in [1.29, 1.82) is 0 Å². The zero-order chi connectivity index (χ0) is 21.6. The van der Waals surface area contributed by atoms with Crippen molar-refractivity contribution >= 4 is 15.9 Å². The van der Waals surface area contributed by atoms with Gasteiger partial charge in [-0.3, -0.25) is 4.79 Å². The maximum atomic E-state index is 14.2. The fourth-order valence-corrected chi connectivity index (χ4v) is 4.03. The van der Waals surface area contributed by atoms with Crippen LogP contribution in [0.4, 0.5) is 4.39 Å². The zero-order valence-corrected chi connectivity index (χ0v) is 17.5. The highest BCUT2D eigenvalue weighted by atomic mass is 32.2. The van der Waals surface area contributed by atoms with Crippen molar-refractivity contribution in [2.45, 2.75) is 24.8 Å². The van der Waals surface area contributed by atoms with Gasteiger partial charge in [-0.05, 0) is 49.7 Å². The summed E-state index contributed by atoms with van der Waals surface area (Å²) < 4.78 is 46.2. The molecular formula is C21H25FN2O4S. The average Bonchev–Trinajstić information content (AvgIpc) is 2.72. The van der Waals surface area contributed by atoms with Crippen LogP contribution in [0.3, 0.4) is 0 Å². The van der Waals surface area contributed by atoms with Crippen LogP contribution >= 0.6 is 0 Å². The Hall–Kier alpha value is -2.71. The average molecular weight is 421 g/mol. The van der Waals surface area contributed by atoms with Gasteiger partial charge >= 0.3 is 0 Å². The van der Waals surface area contributed by atoms with Gasteiger partial charge in [0.25, 0.3) is 5.91 Å². The van der Waals surface area contributed by atoms with Crippen LogP contribution in [0.1, 0.15) is 35.8 Å². The number of hydrogen-bond acceptors (Lipinski definition) is 4. The highest BCUT2D eigenvalue weighted by Gasteiger charge is 2.25. The lowest BCUT2D eigenvalue weighted by Crippen LogP contribution is -2.34. The van der Waals surface area contributed by atoms with E-state index in [4.69, 9.17) is 4.74 Å². The van der Waals surface area contributed by atoms with Crippen LogP contribution in [0, 0.1) is 5.82 Å². The van der Waals surface area contributed by atoms with Crippen LogP contribution in [0.15, 0.2) is 60.0 Å². The Bertz CT molecular complexity index is 992. The molecule has 2 aromatic rings. The number of benzene rings is 2. The van der Waals surface area contributed by atoms with Crippen LogP contribution in [-0.4, -0.2) is 39.4 Å². The van der Waals surface area contributed by atoms with Crippen molar-refractivity contribution in [3.8, 4) is 5.75 Å². The fraction of sp³-hybridized carbons (Fsp3) is 0.286. The molecule has 0 bridgehead atoms. The van der Waals surface area contributed by atoms with Crippen LogP contribution in [-0.2, 0) is 10.0 Å². The molecule has 0 saturated heterocycles. The van der Waals surface area contributed by atoms with E-state index in [0.29, 0.717) is 12.3 Å². The van der Waals surface area contributed by atoms with Crippen molar-refractivity contribution < 1.29 is 22.3 Å². The molecule has 156 valence electrons. The molecule has 0 saturated carbocycles. The van der Waals surface area contributed by atoms with Gasteiger partial charge in [0.15, 0.2) is 0 Å². The Labute approximate surface area is 171 Å². The van der Waals surface area contributed by atoms with E-state index in [9.17, 15) is 17.6 Å². The number of ether oxygens (including phenoxy) is 1. The molecule has 2 aromatic carbocycles. The molecule has 6 nitrogen and oxygen atoms in total. The second-order valence-electron chi connectivity index (χ2n) is 6.33.